The van der Waals surface area contributed by atoms with Gasteiger partial charge >= 0.3 is 5.97 Å². The Labute approximate surface area is 235 Å². The molecule has 3 aromatic carbocycles. The summed E-state index contributed by atoms with van der Waals surface area (Å²) < 4.78 is 23.7. The maximum Gasteiger partial charge on any atom is 0.304 e. The van der Waals surface area contributed by atoms with E-state index >= 15 is 0 Å². The Balaban J connectivity index is 1.28. The number of likely N-dealkylation sites (N-methyl/N-ethyl adjacent to an activating group) is 1. The molecule has 0 aliphatic carbocycles. The molecule has 2 aliphatic rings. The number of anilines is 1. The van der Waals surface area contributed by atoms with Crippen LogP contribution in [0.25, 0.3) is 11.1 Å². The summed E-state index contributed by atoms with van der Waals surface area (Å²) in [6, 6.07) is 16.4. The zero-order valence-corrected chi connectivity index (χ0v) is 23.7. The Morgan fingerprint density at radius 3 is 2.55 bits per heavy atom. The molecule has 0 spiro atoms. The first-order valence-corrected chi connectivity index (χ1v) is 13.8. The second-order valence-electron chi connectivity index (χ2n) is 10.8. The number of nitrogens with zero attached hydrogens (tertiary/aromatic N) is 1. The van der Waals surface area contributed by atoms with Crippen LogP contribution in [0.1, 0.15) is 40.6 Å². The quantitative estimate of drug-likeness (QED) is 0.291. The van der Waals surface area contributed by atoms with Crippen molar-refractivity contribution in [1.29, 1.82) is 0 Å². The van der Waals surface area contributed by atoms with Crippen molar-refractivity contribution in [2.24, 2.45) is 0 Å². The summed E-state index contributed by atoms with van der Waals surface area (Å²) in [4.78, 5) is 13.3. The molecule has 0 saturated heterocycles. The van der Waals surface area contributed by atoms with Crippen molar-refractivity contribution in [1.82, 2.24) is 4.90 Å². The van der Waals surface area contributed by atoms with Crippen molar-refractivity contribution >= 4 is 11.7 Å². The third kappa shape index (κ3) is 6.18. The lowest BCUT2D eigenvalue weighted by molar-refractivity contribution is -0.137. The molecule has 0 unspecified atom stereocenters. The zero-order valence-electron chi connectivity index (χ0n) is 23.7. The molecule has 2 N–H and O–H groups in total. The molecule has 40 heavy (non-hydrogen) atoms. The van der Waals surface area contributed by atoms with Gasteiger partial charge in [-0.15, -0.1) is 0 Å². The number of fused-ring (bicyclic) bond motifs is 2. The summed E-state index contributed by atoms with van der Waals surface area (Å²) in [5.41, 5.74) is 7.46. The van der Waals surface area contributed by atoms with Gasteiger partial charge in [0.1, 0.15) is 30.5 Å². The molecule has 0 bridgehead atoms. The van der Waals surface area contributed by atoms with E-state index in [2.05, 4.69) is 54.4 Å². The Hall–Kier alpha value is -3.75. The largest absolute Gasteiger partial charge is 0.493 e. The standard InChI is InChI=1S/C32H38N2O6/c1-20-14-24(38-13-12-37-11-10-34(3)4)15-21(2)31(20)27-7-5-6-26-28(19-40-32(26)27)33-23-8-9-25-22(16-30(35)36)18-39-29(25)17-23/h5-9,14-15,17,22,28,33H,10-13,16,18-19H2,1-4H3,(H,35,36)/t22-,28-/m1/s1. The topological polar surface area (TPSA) is 89.5 Å². The molecular formula is C32H38N2O6. The summed E-state index contributed by atoms with van der Waals surface area (Å²) in [5, 5.41) is 12.8. The molecule has 2 heterocycles. The maximum absolute atomic E-state index is 11.2. The molecular weight excluding hydrogens is 508 g/mol. The van der Waals surface area contributed by atoms with Gasteiger partial charge in [0.05, 0.1) is 32.3 Å². The van der Waals surface area contributed by atoms with Gasteiger partial charge in [0.15, 0.2) is 0 Å². The number of carboxylic acids is 1. The van der Waals surface area contributed by atoms with E-state index in [0.29, 0.717) is 33.0 Å². The van der Waals surface area contributed by atoms with Gasteiger partial charge in [0, 0.05) is 40.9 Å². The zero-order chi connectivity index (χ0) is 28.2. The SMILES string of the molecule is Cc1cc(OCCOCCN(C)C)cc(C)c1-c1cccc2c1OC[C@H]2Nc1ccc2c(c1)OC[C@H]2CC(=O)O. The normalized spacial score (nSPS) is 17.2. The van der Waals surface area contributed by atoms with Gasteiger partial charge in [-0.05, 0) is 62.8 Å². The van der Waals surface area contributed by atoms with Crippen LogP contribution in [-0.4, -0.2) is 69.7 Å². The molecule has 0 radical (unpaired) electrons. The van der Waals surface area contributed by atoms with E-state index in [1.807, 2.05) is 32.3 Å². The van der Waals surface area contributed by atoms with Crippen molar-refractivity contribution in [3.63, 3.8) is 0 Å². The van der Waals surface area contributed by atoms with Gasteiger partial charge in [-0.2, -0.15) is 0 Å². The predicted molar refractivity (Wildman–Crippen MR) is 155 cm³/mol. The average Bonchev–Trinajstić information content (AvgIpc) is 3.49. The fourth-order valence-electron chi connectivity index (χ4n) is 5.51. The molecule has 0 amide bonds. The lowest BCUT2D eigenvalue weighted by Gasteiger charge is -2.17. The Bertz CT molecular complexity index is 1350. The van der Waals surface area contributed by atoms with E-state index in [9.17, 15) is 4.79 Å². The first-order valence-electron chi connectivity index (χ1n) is 13.8. The summed E-state index contributed by atoms with van der Waals surface area (Å²) >= 11 is 0. The third-order valence-corrected chi connectivity index (χ3v) is 7.43. The number of aliphatic carboxylic acids is 1. The third-order valence-electron chi connectivity index (χ3n) is 7.43. The molecule has 2 atom stereocenters. The fourth-order valence-corrected chi connectivity index (χ4v) is 5.51. The average molecular weight is 547 g/mol. The number of aryl methyl sites for hydroxylation is 2. The van der Waals surface area contributed by atoms with E-state index in [-0.39, 0.29) is 18.4 Å². The smallest absolute Gasteiger partial charge is 0.304 e. The van der Waals surface area contributed by atoms with E-state index in [0.717, 1.165) is 62.9 Å². The van der Waals surface area contributed by atoms with E-state index in [4.69, 9.17) is 24.1 Å². The van der Waals surface area contributed by atoms with Crippen LogP contribution in [0.15, 0.2) is 48.5 Å². The minimum Gasteiger partial charge on any atom is -0.493 e. The van der Waals surface area contributed by atoms with Crippen molar-refractivity contribution in [2.45, 2.75) is 32.2 Å². The first kappa shape index (κ1) is 27.8. The van der Waals surface area contributed by atoms with E-state index in [1.165, 1.54) is 0 Å². The Morgan fingerprint density at radius 1 is 1.00 bits per heavy atom. The van der Waals surface area contributed by atoms with Gasteiger partial charge in [0.2, 0.25) is 0 Å². The molecule has 212 valence electrons. The molecule has 0 aromatic heterocycles. The Morgan fingerprint density at radius 2 is 1.80 bits per heavy atom. The number of rotatable bonds is 12. The van der Waals surface area contributed by atoms with E-state index in [1.54, 1.807) is 0 Å². The number of hydrogen-bond donors (Lipinski definition) is 2. The maximum atomic E-state index is 11.2. The highest BCUT2D eigenvalue weighted by Gasteiger charge is 2.30. The van der Waals surface area contributed by atoms with Gasteiger partial charge in [-0.3, -0.25) is 4.79 Å². The predicted octanol–water partition coefficient (Wildman–Crippen LogP) is 5.42. The lowest BCUT2D eigenvalue weighted by Crippen LogP contribution is -2.19. The van der Waals surface area contributed by atoms with Crippen molar-refractivity contribution in [2.75, 3.05) is 59.0 Å². The van der Waals surface area contributed by atoms with Crippen LogP contribution in [0, 0.1) is 13.8 Å². The molecule has 5 rings (SSSR count). The molecule has 8 nitrogen and oxygen atoms in total. The second kappa shape index (κ2) is 12.2. The number of ether oxygens (including phenoxy) is 4. The van der Waals surface area contributed by atoms with Crippen molar-refractivity contribution in [3.05, 3.63) is 70.8 Å². The minimum absolute atomic E-state index is 0.0139. The molecule has 2 aliphatic heterocycles. The van der Waals surface area contributed by atoms with Crippen LogP contribution in [-0.2, 0) is 9.53 Å². The summed E-state index contributed by atoms with van der Waals surface area (Å²) in [7, 11) is 4.06. The summed E-state index contributed by atoms with van der Waals surface area (Å²) in [6.45, 7) is 7.78. The van der Waals surface area contributed by atoms with E-state index < -0.39 is 5.97 Å². The number of carbonyl (C=O) groups is 1. The van der Waals surface area contributed by atoms with Crippen LogP contribution in [0.5, 0.6) is 17.2 Å². The van der Waals surface area contributed by atoms with Crippen LogP contribution in [0.4, 0.5) is 5.69 Å². The number of carboxylic acid groups (broad SMARTS) is 1. The van der Waals surface area contributed by atoms with Crippen LogP contribution in [0.2, 0.25) is 0 Å². The number of hydrogen-bond acceptors (Lipinski definition) is 7. The minimum atomic E-state index is -0.812. The molecule has 0 fully saturated rings. The van der Waals surface area contributed by atoms with Crippen LogP contribution in [0.3, 0.4) is 0 Å². The van der Waals surface area contributed by atoms with Crippen LogP contribution >= 0.6 is 0 Å². The number of benzene rings is 3. The van der Waals surface area contributed by atoms with Crippen molar-refractivity contribution < 1.29 is 28.8 Å². The highest BCUT2D eigenvalue weighted by molar-refractivity contribution is 5.79. The first-order chi connectivity index (χ1) is 19.3. The molecule has 8 heteroatoms. The van der Waals surface area contributed by atoms with Gasteiger partial charge in [-0.25, -0.2) is 0 Å². The van der Waals surface area contributed by atoms with Gasteiger partial charge < -0.3 is 34.3 Å². The molecule has 0 saturated carbocycles. The Kier molecular flexibility index (Phi) is 8.47. The second-order valence-corrected chi connectivity index (χ2v) is 10.8. The highest BCUT2D eigenvalue weighted by Crippen LogP contribution is 2.45. The highest BCUT2D eigenvalue weighted by atomic mass is 16.5. The molecule has 3 aromatic rings. The number of para-hydroxylation sites is 1. The van der Waals surface area contributed by atoms with Crippen LogP contribution < -0.4 is 19.5 Å². The fraction of sp³-hybridized carbons (Fsp3) is 0.406. The van der Waals surface area contributed by atoms with Gasteiger partial charge in [0.25, 0.3) is 0 Å². The van der Waals surface area contributed by atoms with Crippen molar-refractivity contribution in [3.8, 4) is 28.4 Å². The van der Waals surface area contributed by atoms with Gasteiger partial charge in [-0.1, -0.05) is 24.3 Å². The lowest BCUT2D eigenvalue weighted by atomic mass is 9.92. The summed E-state index contributed by atoms with van der Waals surface area (Å²) in [6.07, 6.45) is 0.0732. The summed E-state index contributed by atoms with van der Waals surface area (Å²) in [5.74, 6) is 1.57. The number of nitrogens with one attached hydrogen (secondary N) is 1. The monoisotopic (exact) mass is 546 g/mol.